The smallest absolute Gasteiger partial charge is 0.384 e. The van der Waals surface area contributed by atoms with E-state index < -0.39 is 69.3 Å². The van der Waals surface area contributed by atoms with Crippen molar-refractivity contribution in [1.82, 2.24) is 0 Å². The van der Waals surface area contributed by atoms with Crippen LogP contribution in [0, 0.1) is 5.82 Å². The molecule has 0 atom stereocenters. The monoisotopic (exact) mass is 479 g/mol. The zero-order chi connectivity index (χ0) is 23.7. The predicted molar refractivity (Wildman–Crippen MR) is 73.0 cm³/mol. The fourth-order valence-corrected chi connectivity index (χ4v) is 2.60. The number of allylic oxidation sites excluding steroid dienone is 1. The highest BCUT2D eigenvalue weighted by atomic mass is 35.5. The Kier molecular flexibility index (Phi) is 5.18. The van der Waals surface area contributed by atoms with Gasteiger partial charge in [-0.05, 0) is 23.8 Å². The maximum Gasteiger partial charge on any atom is 0.384 e. The molecule has 2 nitrogen and oxygen atoms in total. The quantitative estimate of drug-likeness (QED) is 0.360. The normalized spacial score (nSPS) is 25.6. The van der Waals surface area contributed by atoms with Crippen LogP contribution in [0.1, 0.15) is 5.56 Å². The number of carbonyl (C=O) groups excluding carboxylic acids is 1. The largest absolute Gasteiger partial charge is 0.872 e. The summed E-state index contributed by atoms with van der Waals surface area (Å²) in [4.78, 5) is 11.6. The molecule has 0 saturated heterocycles. The van der Waals surface area contributed by atoms with Crippen LogP contribution in [-0.4, -0.2) is 41.1 Å². The molecule has 168 valence electrons. The summed E-state index contributed by atoms with van der Waals surface area (Å²) in [6, 6.07) is 1.32. The minimum Gasteiger partial charge on any atom is -0.872 e. The minimum absolute atomic E-state index is 0.174. The van der Waals surface area contributed by atoms with Crippen molar-refractivity contribution in [3.05, 3.63) is 40.7 Å². The van der Waals surface area contributed by atoms with E-state index in [9.17, 15) is 62.6 Å². The molecule has 1 aliphatic rings. The highest BCUT2D eigenvalue weighted by Gasteiger charge is 3.02. The predicted octanol–water partition coefficient (Wildman–Crippen LogP) is 4.65. The Labute approximate surface area is 162 Å². The van der Waals surface area contributed by atoms with E-state index in [1.165, 1.54) is 0 Å². The van der Waals surface area contributed by atoms with Gasteiger partial charge in [0.1, 0.15) is 5.82 Å². The first kappa shape index (κ1) is 24.2. The Bertz CT molecular complexity index is 894. The molecule has 0 N–H and O–H groups in total. The summed E-state index contributed by atoms with van der Waals surface area (Å²) in [5.74, 6) is -44.4. The van der Waals surface area contributed by atoms with Gasteiger partial charge >= 0.3 is 35.3 Å². The van der Waals surface area contributed by atoms with E-state index >= 15 is 0 Å². The summed E-state index contributed by atoms with van der Waals surface area (Å²) in [7, 11) is 0. The highest BCUT2D eigenvalue weighted by Crippen LogP contribution is 2.69. The molecule has 1 fully saturated rings. The van der Waals surface area contributed by atoms with E-state index in [0.29, 0.717) is 12.1 Å². The summed E-state index contributed by atoms with van der Waals surface area (Å²) in [5.41, 5.74) is -8.03. The lowest BCUT2D eigenvalue weighted by atomic mass is 9.70. The third-order valence-corrected chi connectivity index (χ3v) is 4.56. The zero-order valence-corrected chi connectivity index (χ0v) is 14.3. The maximum absolute atomic E-state index is 14.5. The number of alkyl halides is 11. The van der Waals surface area contributed by atoms with Gasteiger partial charge in [-0.3, -0.25) is 4.79 Å². The second kappa shape index (κ2) is 6.44. The molecule has 1 saturated carbocycles. The van der Waals surface area contributed by atoms with Crippen LogP contribution in [0.2, 0.25) is 5.02 Å². The first-order valence-electron chi connectivity index (χ1n) is 7.18. The van der Waals surface area contributed by atoms with Gasteiger partial charge in [-0.25, -0.2) is 8.78 Å². The fourth-order valence-electron chi connectivity index (χ4n) is 2.48. The Hall–Kier alpha value is -2.12. The zero-order valence-electron chi connectivity index (χ0n) is 13.5. The van der Waals surface area contributed by atoms with Crippen LogP contribution in [0.4, 0.5) is 52.7 Å². The van der Waals surface area contributed by atoms with E-state index in [4.69, 9.17) is 11.6 Å². The molecule has 0 bridgehead atoms. The molecule has 15 heteroatoms. The Morgan fingerprint density at radius 1 is 0.800 bits per heavy atom. The van der Waals surface area contributed by atoms with Crippen LogP contribution < -0.4 is 5.11 Å². The third kappa shape index (κ3) is 2.57. The summed E-state index contributed by atoms with van der Waals surface area (Å²) in [6.07, 6.45) is -1.08. The molecule has 0 spiro atoms. The Balaban J connectivity index is 2.72. The SMILES string of the molecule is O=C(/C=C(\[O-])c1ccc(Cl)c(F)c1)C1(F)C(F)(F)C(F)(F)C(F)(F)C(F)(F)C1(F)F. The highest BCUT2D eigenvalue weighted by molar-refractivity contribution is 6.30. The first-order valence-corrected chi connectivity index (χ1v) is 7.56. The van der Waals surface area contributed by atoms with Crippen molar-refractivity contribution in [3.63, 3.8) is 0 Å². The molecule has 2 rings (SSSR count). The van der Waals surface area contributed by atoms with Crippen LogP contribution >= 0.6 is 11.6 Å². The topological polar surface area (TPSA) is 40.1 Å². The molecule has 1 aliphatic carbocycles. The van der Waals surface area contributed by atoms with Crippen molar-refractivity contribution < 1.29 is 62.6 Å². The van der Waals surface area contributed by atoms with Gasteiger partial charge in [-0.15, -0.1) is 0 Å². The first-order chi connectivity index (χ1) is 13.2. The fraction of sp³-hybridized carbons (Fsp3) is 0.400. The van der Waals surface area contributed by atoms with E-state index in [2.05, 4.69) is 0 Å². The lowest BCUT2D eigenvalue weighted by Crippen LogP contribution is -2.85. The van der Waals surface area contributed by atoms with Crippen molar-refractivity contribution in [1.29, 1.82) is 0 Å². The van der Waals surface area contributed by atoms with Crippen LogP contribution in [0.15, 0.2) is 24.3 Å². The lowest BCUT2D eigenvalue weighted by Gasteiger charge is -2.51. The van der Waals surface area contributed by atoms with E-state index in [-0.39, 0.29) is 6.07 Å². The van der Waals surface area contributed by atoms with Crippen LogP contribution in [-0.2, 0) is 4.79 Å². The van der Waals surface area contributed by atoms with Gasteiger partial charge in [0.2, 0.25) is 5.78 Å². The summed E-state index contributed by atoms with van der Waals surface area (Å²) in [5, 5.41) is 11.1. The van der Waals surface area contributed by atoms with Crippen LogP contribution in [0.3, 0.4) is 0 Å². The molecule has 0 heterocycles. The molecule has 0 amide bonds. The average molecular weight is 480 g/mol. The van der Waals surface area contributed by atoms with Crippen LogP contribution in [0.25, 0.3) is 5.76 Å². The van der Waals surface area contributed by atoms with Crippen molar-refractivity contribution in [2.24, 2.45) is 0 Å². The molecular weight excluding hydrogens is 476 g/mol. The molecule has 0 radical (unpaired) electrons. The molecule has 0 aromatic heterocycles. The maximum atomic E-state index is 14.5. The second-order valence-electron chi connectivity index (χ2n) is 6.03. The van der Waals surface area contributed by atoms with Gasteiger partial charge in [0.15, 0.2) is 0 Å². The molecule has 1 aromatic rings. The lowest BCUT2D eigenvalue weighted by molar-refractivity contribution is -0.475. The van der Waals surface area contributed by atoms with Gasteiger partial charge < -0.3 is 5.11 Å². The number of rotatable bonds is 3. The van der Waals surface area contributed by atoms with Gasteiger partial charge in [0.25, 0.3) is 0 Å². The van der Waals surface area contributed by atoms with Crippen molar-refractivity contribution in [3.8, 4) is 0 Å². The Morgan fingerprint density at radius 3 is 1.60 bits per heavy atom. The minimum atomic E-state index is -7.49. The Morgan fingerprint density at radius 2 is 1.20 bits per heavy atom. The summed E-state index contributed by atoms with van der Waals surface area (Å²) < 4.78 is 162. The number of ketones is 1. The van der Waals surface area contributed by atoms with E-state index in [1.54, 1.807) is 0 Å². The number of carbonyl (C=O) groups is 1. The van der Waals surface area contributed by atoms with Crippen molar-refractivity contribution in [2.75, 3.05) is 0 Å². The van der Waals surface area contributed by atoms with Crippen molar-refractivity contribution >= 4 is 23.1 Å². The number of hydrogen-bond donors (Lipinski definition) is 0. The van der Waals surface area contributed by atoms with Gasteiger partial charge in [-0.1, -0.05) is 23.4 Å². The summed E-state index contributed by atoms with van der Waals surface area (Å²) in [6.45, 7) is 0. The number of halogens is 13. The summed E-state index contributed by atoms with van der Waals surface area (Å²) >= 11 is 5.24. The van der Waals surface area contributed by atoms with E-state index in [0.717, 1.165) is 0 Å². The number of hydrogen-bond acceptors (Lipinski definition) is 2. The second-order valence-corrected chi connectivity index (χ2v) is 6.44. The average Bonchev–Trinajstić information content (AvgIpc) is 2.61. The number of benzene rings is 1. The third-order valence-electron chi connectivity index (χ3n) is 4.25. The van der Waals surface area contributed by atoms with E-state index in [1.807, 2.05) is 0 Å². The van der Waals surface area contributed by atoms with Crippen LogP contribution in [0.5, 0.6) is 0 Å². The van der Waals surface area contributed by atoms with Gasteiger partial charge in [-0.2, -0.15) is 43.9 Å². The van der Waals surface area contributed by atoms with Gasteiger partial charge in [0.05, 0.1) is 5.02 Å². The standard InChI is InChI=1S/C15H5ClF12O2/c16-6-2-1-5(3-7(6)17)8(29)4-9(30)10(18)11(19,20)13(23,24)15(27,28)14(25,26)12(10,21)22/h1-4,29H/p-1/b8-4-. The molecule has 0 unspecified atom stereocenters. The van der Waals surface area contributed by atoms with Crippen molar-refractivity contribution in [2.45, 2.75) is 35.3 Å². The molecule has 0 aliphatic heterocycles. The molecule has 30 heavy (non-hydrogen) atoms. The van der Waals surface area contributed by atoms with Gasteiger partial charge in [0, 0.05) is 0 Å². The molecular formula is C15H4ClF12O2-. The molecule has 1 aromatic carbocycles.